The number of nitrogens with zero attached hydrogens (tertiary/aromatic N) is 1. The third-order valence-electron chi connectivity index (χ3n) is 4.42. The van der Waals surface area contributed by atoms with Gasteiger partial charge in [-0.3, -0.25) is 14.9 Å². The van der Waals surface area contributed by atoms with E-state index in [1.165, 1.54) is 0 Å². The highest BCUT2D eigenvalue weighted by Crippen LogP contribution is 2.21. The largest absolute Gasteiger partial charge is 0.450 e. The lowest BCUT2D eigenvalue weighted by atomic mass is 10.1. The van der Waals surface area contributed by atoms with Crippen LogP contribution in [0.3, 0.4) is 0 Å². The number of rotatable bonds is 6. The smallest absolute Gasteiger partial charge is 0.411 e. The molecule has 2 aromatic carbocycles. The molecule has 146 valence electrons. The van der Waals surface area contributed by atoms with Gasteiger partial charge in [0.25, 0.3) is 5.91 Å². The fraction of sp³-hybridized carbons (Fsp3) is 0.286. The van der Waals surface area contributed by atoms with E-state index in [1.54, 1.807) is 36.1 Å². The van der Waals surface area contributed by atoms with Gasteiger partial charge in [-0.15, -0.1) is 0 Å². The zero-order valence-corrected chi connectivity index (χ0v) is 15.7. The Bertz CT molecular complexity index is 864. The summed E-state index contributed by atoms with van der Waals surface area (Å²) >= 11 is 0. The molecule has 0 aromatic heterocycles. The zero-order chi connectivity index (χ0) is 19.9. The Morgan fingerprint density at radius 2 is 1.93 bits per heavy atom. The summed E-state index contributed by atoms with van der Waals surface area (Å²) in [6, 6.07) is 14.2. The molecule has 0 bridgehead atoms. The van der Waals surface area contributed by atoms with Gasteiger partial charge in [0.1, 0.15) is 0 Å². The number of amides is 3. The first-order chi connectivity index (χ1) is 13.6. The second-order valence-electron chi connectivity index (χ2n) is 6.42. The SMILES string of the molecule is CCOC(=O)Nc1cccc(C(=O)NCc2ccc(N3CCCC3=O)cc2)c1. The second-order valence-corrected chi connectivity index (χ2v) is 6.42. The van der Waals surface area contributed by atoms with Crippen molar-refractivity contribution < 1.29 is 19.1 Å². The number of nitrogens with one attached hydrogen (secondary N) is 2. The summed E-state index contributed by atoms with van der Waals surface area (Å²) in [6.45, 7) is 3.11. The average molecular weight is 381 g/mol. The summed E-state index contributed by atoms with van der Waals surface area (Å²) in [4.78, 5) is 37.5. The van der Waals surface area contributed by atoms with E-state index in [9.17, 15) is 14.4 Å². The normalized spacial score (nSPS) is 13.3. The van der Waals surface area contributed by atoms with E-state index >= 15 is 0 Å². The van der Waals surface area contributed by atoms with Gasteiger partial charge in [0, 0.05) is 36.4 Å². The van der Waals surface area contributed by atoms with Crippen molar-refractivity contribution in [2.75, 3.05) is 23.4 Å². The highest BCUT2D eigenvalue weighted by Gasteiger charge is 2.21. The molecule has 1 fully saturated rings. The first-order valence-electron chi connectivity index (χ1n) is 9.28. The van der Waals surface area contributed by atoms with Crippen LogP contribution in [-0.2, 0) is 16.1 Å². The standard InChI is InChI=1S/C21H23N3O4/c1-2-28-21(27)23-17-6-3-5-16(13-17)20(26)22-14-15-8-10-18(11-9-15)24-12-4-7-19(24)25/h3,5-6,8-11,13H,2,4,7,12,14H2,1H3,(H,22,26)(H,23,27). The lowest BCUT2D eigenvalue weighted by Crippen LogP contribution is -2.24. The number of ether oxygens (including phenoxy) is 1. The van der Waals surface area contributed by atoms with Crippen LogP contribution in [0, 0.1) is 0 Å². The Balaban J connectivity index is 1.56. The highest BCUT2D eigenvalue weighted by atomic mass is 16.5. The molecule has 0 aliphatic carbocycles. The Hall–Kier alpha value is -3.35. The van der Waals surface area contributed by atoms with E-state index in [0.717, 1.165) is 24.2 Å². The van der Waals surface area contributed by atoms with E-state index in [-0.39, 0.29) is 18.4 Å². The van der Waals surface area contributed by atoms with Crippen molar-refractivity contribution in [2.45, 2.75) is 26.3 Å². The zero-order valence-electron chi connectivity index (χ0n) is 15.7. The van der Waals surface area contributed by atoms with Crippen LogP contribution in [0.25, 0.3) is 0 Å². The number of hydrogen-bond donors (Lipinski definition) is 2. The first-order valence-corrected chi connectivity index (χ1v) is 9.28. The van der Waals surface area contributed by atoms with E-state index in [1.807, 2.05) is 24.3 Å². The van der Waals surface area contributed by atoms with E-state index in [4.69, 9.17) is 4.74 Å². The summed E-state index contributed by atoms with van der Waals surface area (Å²) in [5.41, 5.74) is 2.75. The fourth-order valence-electron chi connectivity index (χ4n) is 3.02. The van der Waals surface area contributed by atoms with Gasteiger partial charge in [0.2, 0.25) is 5.91 Å². The van der Waals surface area contributed by atoms with Crippen LogP contribution in [0.4, 0.5) is 16.2 Å². The van der Waals surface area contributed by atoms with Gasteiger partial charge in [0.05, 0.1) is 6.61 Å². The first kappa shape index (κ1) is 19.4. The minimum absolute atomic E-state index is 0.150. The molecule has 1 saturated heterocycles. The monoisotopic (exact) mass is 381 g/mol. The summed E-state index contributed by atoms with van der Waals surface area (Å²) in [7, 11) is 0. The number of hydrogen-bond acceptors (Lipinski definition) is 4. The summed E-state index contributed by atoms with van der Waals surface area (Å²) in [6.07, 6.45) is 0.930. The molecular weight excluding hydrogens is 358 g/mol. The molecule has 1 aliphatic rings. The van der Waals surface area contributed by atoms with Crippen molar-refractivity contribution in [3.8, 4) is 0 Å². The van der Waals surface area contributed by atoms with Gasteiger partial charge in [-0.2, -0.15) is 0 Å². The number of carbonyl (C=O) groups excluding carboxylic acids is 3. The minimum atomic E-state index is -0.559. The van der Waals surface area contributed by atoms with Crippen LogP contribution in [0.5, 0.6) is 0 Å². The van der Waals surface area contributed by atoms with Crippen molar-refractivity contribution in [2.24, 2.45) is 0 Å². The van der Waals surface area contributed by atoms with Gasteiger partial charge in [-0.1, -0.05) is 18.2 Å². The molecule has 1 heterocycles. The number of carbonyl (C=O) groups is 3. The van der Waals surface area contributed by atoms with Crippen LogP contribution in [0.1, 0.15) is 35.7 Å². The van der Waals surface area contributed by atoms with Crippen molar-refractivity contribution in [1.82, 2.24) is 5.32 Å². The van der Waals surface area contributed by atoms with Crippen LogP contribution in [0.2, 0.25) is 0 Å². The summed E-state index contributed by atoms with van der Waals surface area (Å²) < 4.78 is 4.83. The molecule has 1 aliphatic heterocycles. The molecule has 3 amide bonds. The van der Waals surface area contributed by atoms with Gasteiger partial charge in [-0.25, -0.2) is 4.79 Å². The maximum atomic E-state index is 12.4. The van der Waals surface area contributed by atoms with E-state index < -0.39 is 6.09 Å². The third kappa shape index (κ3) is 4.88. The molecule has 0 spiro atoms. The molecule has 28 heavy (non-hydrogen) atoms. The number of anilines is 2. The molecule has 3 rings (SSSR count). The minimum Gasteiger partial charge on any atom is -0.450 e. The van der Waals surface area contributed by atoms with Crippen LogP contribution < -0.4 is 15.5 Å². The summed E-state index contributed by atoms with van der Waals surface area (Å²) in [5, 5.41) is 5.43. The molecule has 7 nitrogen and oxygen atoms in total. The van der Waals surface area contributed by atoms with E-state index in [2.05, 4.69) is 10.6 Å². The fourth-order valence-corrected chi connectivity index (χ4v) is 3.02. The Morgan fingerprint density at radius 1 is 1.14 bits per heavy atom. The van der Waals surface area contributed by atoms with Crippen LogP contribution in [0.15, 0.2) is 48.5 Å². The Labute approximate surface area is 163 Å². The topological polar surface area (TPSA) is 87.7 Å². The van der Waals surface area contributed by atoms with Gasteiger partial charge >= 0.3 is 6.09 Å². The lowest BCUT2D eigenvalue weighted by Gasteiger charge is -2.16. The second kappa shape index (κ2) is 9.03. The van der Waals surface area contributed by atoms with E-state index in [0.29, 0.717) is 24.2 Å². The summed E-state index contributed by atoms with van der Waals surface area (Å²) in [5.74, 6) is -0.0938. The van der Waals surface area contributed by atoms with Crippen molar-refractivity contribution >= 4 is 29.3 Å². The highest BCUT2D eigenvalue weighted by molar-refractivity contribution is 5.96. The van der Waals surface area contributed by atoms with Crippen molar-refractivity contribution in [3.63, 3.8) is 0 Å². The molecule has 7 heteroatoms. The van der Waals surface area contributed by atoms with Gasteiger partial charge in [-0.05, 0) is 49.2 Å². The predicted octanol–water partition coefficient (Wildman–Crippen LogP) is 3.31. The maximum absolute atomic E-state index is 12.4. The molecule has 0 saturated carbocycles. The van der Waals surface area contributed by atoms with Crippen molar-refractivity contribution in [3.05, 3.63) is 59.7 Å². The number of benzene rings is 2. The Kier molecular flexibility index (Phi) is 6.26. The van der Waals surface area contributed by atoms with Gasteiger partial charge < -0.3 is 15.0 Å². The van der Waals surface area contributed by atoms with Crippen LogP contribution in [-0.4, -0.2) is 31.1 Å². The molecule has 2 N–H and O–H groups in total. The third-order valence-corrected chi connectivity index (χ3v) is 4.42. The quantitative estimate of drug-likeness (QED) is 0.804. The lowest BCUT2D eigenvalue weighted by molar-refractivity contribution is -0.117. The van der Waals surface area contributed by atoms with Crippen molar-refractivity contribution in [1.29, 1.82) is 0 Å². The molecule has 0 radical (unpaired) electrons. The molecular formula is C21H23N3O4. The maximum Gasteiger partial charge on any atom is 0.411 e. The van der Waals surface area contributed by atoms with Crippen LogP contribution >= 0.6 is 0 Å². The predicted molar refractivity (Wildman–Crippen MR) is 106 cm³/mol. The Morgan fingerprint density at radius 3 is 2.61 bits per heavy atom. The molecule has 0 unspecified atom stereocenters. The average Bonchev–Trinajstić information content (AvgIpc) is 3.13. The molecule has 0 atom stereocenters. The molecule has 2 aromatic rings. The van der Waals surface area contributed by atoms with Gasteiger partial charge in [0.15, 0.2) is 0 Å².